The van der Waals surface area contributed by atoms with Gasteiger partial charge < -0.3 is 39.0 Å². The Hall–Kier alpha value is -4.24. The summed E-state index contributed by atoms with van der Waals surface area (Å²) in [6, 6.07) is 8.14. The number of aliphatic hydroxyl groups excluding tert-OH is 1. The molecular weight excluding hydrogens is 820 g/mol. The second-order valence-electron chi connectivity index (χ2n) is 17.8. The van der Waals surface area contributed by atoms with Crippen LogP contribution >= 0.6 is 11.3 Å². The summed E-state index contributed by atoms with van der Waals surface area (Å²) in [5.74, 6) is 1.18. The number of nitrogens with zero attached hydrogens (tertiary/aromatic N) is 3. The number of esters is 1. The van der Waals surface area contributed by atoms with E-state index in [1.54, 1.807) is 36.9 Å². The van der Waals surface area contributed by atoms with E-state index in [0.717, 1.165) is 5.71 Å². The number of ether oxygens (including phenoxy) is 5. The second kappa shape index (κ2) is 19.2. The van der Waals surface area contributed by atoms with E-state index in [9.17, 15) is 28.7 Å². The number of carbonyl (C=O) groups is 4. The van der Waals surface area contributed by atoms with Gasteiger partial charge in [-0.25, -0.2) is 9.18 Å². The smallest absolute Gasteiger partial charge is 0.410 e. The van der Waals surface area contributed by atoms with Crippen LogP contribution in [0.2, 0.25) is 0 Å². The molecule has 2 N–H and O–H groups in total. The fraction of sp³-hybridized carbons (Fsp3) is 0.630. The quantitative estimate of drug-likeness (QED) is 0.183. The lowest BCUT2D eigenvalue weighted by Crippen LogP contribution is -2.60. The normalized spacial score (nSPS) is 35.5. The number of cyclic esters (lactones) is 1. The van der Waals surface area contributed by atoms with Crippen LogP contribution in [0.4, 0.5) is 14.9 Å². The van der Waals surface area contributed by atoms with E-state index in [1.807, 2.05) is 53.6 Å². The highest BCUT2D eigenvalue weighted by molar-refractivity contribution is 7.14. The maximum atomic E-state index is 14.6. The third kappa shape index (κ3) is 9.78. The van der Waals surface area contributed by atoms with Gasteiger partial charge in [0.15, 0.2) is 17.7 Å². The second-order valence-corrected chi connectivity index (χ2v) is 18.9. The van der Waals surface area contributed by atoms with E-state index < -0.39 is 83.3 Å². The number of rotatable bonds is 8. The first-order chi connectivity index (χ1) is 29.3. The van der Waals surface area contributed by atoms with E-state index in [4.69, 9.17) is 28.7 Å². The molecule has 2 bridgehead atoms. The molecule has 4 aliphatic rings. The number of likely N-dealkylation sites (N-methyl/N-ethyl adjacent to an activating group) is 1. The first-order valence-corrected chi connectivity index (χ1v) is 22.3. The van der Waals surface area contributed by atoms with Gasteiger partial charge >= 0.3 is 12.1 Å². The Labute approximate surface area is 367 Å². The van der Waals surface area contributed by atoms with Gasteiger partial charge in [-0.2, -0.15) is 0 Å². The number of thiophene rings is 1. The molecule has 1 aromatic carbocycles. The number of aliphatic hydroxyl groups is 1. The summed E-state index contributed by atoms with van der Waals surface area (Å²) in [6.45, 7) is 15.1. The molecule has 0 saturated carbocycles. The van der Waals surface area contributed by atoms with Crippen LogP contribution in [0, 0.1) is 41.3 Å². The van der Waals surface area contributed by atoms with Gasteiger partial charge in [0.2, 0.25) is 0 Å². The molecule has 3 fully saturated rings. The predicted molar refractivity (Wildman–Crippen MR) is 231 cm³/mol. The lowest BCUT2D eigenvalue weighted by molar-refractivity contribution is -0.296. The number of nitrogens with one attached hydrogen (secondary N) is 1. The molecule has 13 atom stereocenters. The maximum Gasteiger partial charge on any atom is 0.410 e. The fourth-order valence-corrected chi connectivity index (χ4v) is 10.6. The monoisotopic (exact) mass is 880 g/mol. The van der Waals surface area contributed by atoms with Crippen LogP contribution in [0.15, 0.2) is 41.4 Å². The van der Waals surface area contributed by atoms with Crippen molar-refractivity contribution in [2.24, 2.45) is 28.7 Å². The number of Topliss-reactive ketones (excluding diaryl/α,β-unsaturated/α-hetero) is 1. The minimum Gasteiger partial charge on any atom is -0.458 e. The average Bonchev–Trinajstić information content (AvgIpc) is 3.74. The molecule has 14 nitrogen and oxygen atoms in total. The molecule has 4 aliphatic heterocycles. The van der Waals surface area contributed by atoms with Gasteiger partial charge in [-0.1, -0.05) is 45.6 Å². The SMILES string of the molecule is CC[C@@H]1OC(=O)[C@H](C)C(=O)[C@H](C)[C@@H](O[C@@H]2O[C@H](C)C[C@H](N(C)C)[C@H]2O)[C@@](C)(OCC#Cc2ccc(C(=O)Nc3cccc(F)c3)s2)C[C@@H](C)C2=NCCN3C(=O)O[C@@]1(C)[C@H]3[C@@H]2C. The van der Waals surface area contributed by atoms with Crippen molar-refractivity contribution >= 4 is 46.5 Å². The van der Waals surface area contributed by atoms with Crippen molar-refractivity contribution in [2.75, 3.05) is 39.1 Å². The highest BCUT2D eigenvalue weighted by Crippen LogP contribution is 2.44. The number of amides is 2. The zero-order valence-electron chi connectivity index (χ0n) is 37.3. The van der Waals surface area contributed by atoms with E-state index >= 15 is 0 Å². The first-order valence-electron chi connectivity index (χ1n) is 21.5. The molecule has 0 radical (unpaired) electrons. The lowest BCUT2D eigenvalue weighted by atomic mass is 9.73. The van der Waals surface area contributed by atoms with Crippen LogP contribution in [-0.2, 0) is 33.3 Å². The number of ketones is 1. The summed E-state index contributed by atoms with van der Waals surface area (Å²) in [4.78, 5) is 64.7. The largest absolute Gasteiger partial charge is 0.458 e. The maximum absolute atomic E-state index is 14.6. The Kier molecular flexibility index (Phi) is 14.7. The first kappa shape index (κ1) is 47.2. The molecule has 6 rings (SSSR count). The number of hydrogen-bond acceptors (Lipinski definition) is 13. The summed E-state index contributed by atoms with van der Waals surface area (Å²) in [6.07, 6.45) is -3.85. The average molecular weight is 881 g/mol. The zero-order chi connectivity index (χ0) is 45.3. The zero-order valence-corrected chi connectivity index (χ0v) is 38.1. The molecule has 2 aromatic rings. The number of fused-ring (bicyclic) bond motifs is 1. The Balaban J connectivity index is 1.37. The van der Waals surface area contributed by atoms with Gasteiger partial charge in [0.25, 0.3) is 5.91 Å². The molecule has 62 heavy (non-hydrogen) atoms. The number of hydrogen-bond donors (Lipinski definition) is 2. The van der Waals surface area contributed by atoms with Crippen LogP contribution in [0.5, 0.6) is 0 Å². The Morgan fingerprint density at radius 3 is 2.55 bits per heavy atom. The summed E-state index contributed by atoms with van der Waals surface area (Å²) < 4.78 is 45.9. The number of benzene rings is 1. The van der Waals surface area contributed by atoms with Crippen LogP contribution in [0.3, 0.4) is 0 Å². The third-order valence-corrected chi connectivity index (χ3v) is 14.0. The van der Waals surface area contributed by atoms with E-state index in [0.29, 0.717) is 41.4 Å². The highest BCUT2D eigenvalue weighted by atomic mass is 32.1. The van der Waals surface area contributed by atoms with Gasteiger partial charge in [-0.05, 0) is 97.3 Å². The summed E-state index contributed by atoms with van der Waals surface area (Å²) in [5.41, 5.74) is -1.42. The van der Waals surface area contributed by atoms with Crippen molar-refractivity contribution < 1.29 is 52.4 Å². The topological polar surface area (TPSA) is 166 Å². The molecule has 338 valence electrons. The molecule has 0 unspecified atom stereocenters. The molecule has 16 heteroatoms. The molecule has 0 spiro atoms. The Morgan fingerprint density at radius 2 is 1.85 bits per heavy atom. The minimum atomic E-state index is -1.33. The fourth-order valence-electron chi connectivity index (χ4n) is 9.86. The number of anilines is 1. The van der Waals surface area contributed by atoms with Crippen molar-refractivity contribution in [1.82, 2.24) is 9.80 Å². The van der Waals surface area contributed by atoms with Crippen molar-refractivity contribution in [3.05, 3.63) is 52.0 Å². The Bertz CT molecular complexity index is 2090. The minimum absolute atomic E-state index is 0.133. The van der Waals surface area contributed by atoms with Crippen LogP contribution < -0.4 is 5.32 Å². The number of halogens is 1. The van der Waals surface area contributed by atoms with Gasteiger partial charge in [0.05, 0.1) is 40.1 Å². The molecule has 5 heterocycles. The van der Waals surface area contributed by atoms with Crippen LogP contribution in [-0.4, -0.2) is 132 Å². The number of aliphatic imine (C=N–C) groups is 1. The van der Waals surface area contributed by atoms with Gasteiger partial charge in [0.1, 0.15) is 30.5 Å². The summed E-state index contributed by atoms with van der Waals surface area (Å²) in [5, 5.41) is 14.4. The summed E-state index contributed by atoms with van der Waals surface area (Å²) >= 11 is 1.17. The van der Waals surface area contributed by atoms with Crippen molar-refractivity contribution in [3.63, 3.8) is 0 Å². The van der Waals surface area contributed by atoms with Gasteiger partial charge in [-0.15, -0.1) is 11.3 Å². The highest BCUT2D eigenvalue weighted by Gasteiger charge is 2.60. The van der Waals surface area contributed by atoms with E-state index in [1.165, 1.54) is 36.5 Å². The molecule has 3 saturated heterocycles. The van der Waals surface area contributed by atoms with Crippen molar-refractivity contribution in [2.45, 2.75) is 129 Å². The van der Waals surface area contributed by atoms with Crippen molar-refractivity contribution in [1.29, 1.82) is 0 Å². The van der Waals surface area contributed by atoms with Crippen molar-refractivity contribution in [3.8, 4) is 11.8 Å². The Morgan fingerprint density at radius 1 is 1.11 bits per heavy atom. The van der Waals surface area contributed by atoms with Crippen LogP contribution in [0.25, 0.3) is 0 Å². The van der Waals surface area contributed by atoms with E-state index in [-0.39, 0.29) is 37.0 Å². The standard InChI is InChI=1S/C46H61FN4O10S/c1-11-35-46(8)39-27(4)36(48-19-20-51(39)44(56)61-46)25(2)24-45(7,57-21-13-16-32-17-18-34(62-32)41(54)49-31-15-12-14-30(47)23-31)40(28(5)37(52)29(6)42(55)59-35)60-43-38(53)33(50(9)10)22-26(3)58-43/h12,14-15,17-18,23,25-29,33,35,38-40,43,53H,11,19-22,24H2,1-10H3,(H,49,54)/t25-,26-,27-,28+,29-,33+,35+,38-,39-,40-,43+,45+,46-/m1/s1. The van der Waals surface area contributed by atoms with E-state index in [2.05, 4.69) is 17.2 Å². The van der Waals surface area contributed by atoms with Gasteiger partial charge in [-0.3, -0.25) is 24.3 Å². The predicted octanol–water partition coefficient (Wildman–Crippen LogP) is 5.95. The summed E-state index contributed by atoms with van der Waals surface area (Å²) in [7, 11) is 3.75. The number of carbonyl (C=O) groups excluding carboxylic acids is 4. The molecule has 2 amide bonds. The third-order valence-electron chi connectivity index (χ3n) is 13.0. The lowest BCUT2D eigenvalue weighted by Gasteiger charge is -2.47. The van der Waals surface area contributed by atoms with Gasteiger partial charge in [0, 0.05) is 35.8 Å². The molecular formula is C46H61FN4O10S. The molecule has 1 aromatic heterocycles. The molecule has 0 aliphatic carbocycles. The van der Waals surface area contributed by atoms with Crippen LogP contribution in [0.1, 0.15) is 89.2 Å².